The van der Waals surface area contributed by atoms with Crippen LogP contribution in [0.4, 0.5) is 26.3 Å². The zero-order chi connectivity index (χ0) is 28.4. The van der Waals surface area contributed by atoms with E-state index in [4.69, 9.17) is 4.55 Å². The Morgan fingerprint density at radius 3 is 2.08 bits per heavy atom. The third kappa shape index (κ3) is 6.59. The van der Waals surface area contributed by atoms with Crippen LogP contribution in [0.2, 0.25) is 0 Å². The lowest BCUT2D eigenvalue weighted by Gasteiger charge is -2.11. The number of nitrogens with one attached hydrogen (secondary N) is 1. The van der Waals surface area contributed by atoms with E-state index in [1.807, 2.05) is 0 Å². The molecule has 2 N–H and O–H groups in total. The fraction of sp³-hybridized carbons (Fsp3) is 0.0800. The van der Waals surface area contributed by atoms with Crippen LogP contribution in [-0.4, -0.2) is 32.9 Å². The smallest absolute Gasteiger partial charge is 0.337 e. The molecule has 0 fully saturated rings. The average molecular weight is 566 g/mol. The van der Waals surface area contributed by atoms with Gasteiger partial charge in [0.15, 0.2) is 5.82 Å². The van der Waals surface area contributed by atoms with E-state index in [-0.39, 0.29) is 33.2 Å². The largest absolute Gasteiger partial charge is 0.418 e. The maximum atomic E-state index is 13.2. The van der Waals surface area contributed by atoms with E-state index in [2.05, 4.69) is 19.9 Å². The Morgan fingerprint density at radius 1 is 0.795 bits per heavy atom. The maximum absolute atomic E-state index is 13.2. The number of rotatable bonds is 3. The molecule has 0 bridgehead atoms. The second kappa shape index (κ2) is 10.5. The van der Waals surface area contributed by atoms with Crippen LogP contribution in [0, 0.1) is 0 Å². The highest BCUT2D eigenvalue weighted by atomic mass is 32.2. The average Bonchev–Trinajstić information content (AvgIpc) is 3.32. The Bertz CT molecular complexity index is 1700. The second-order valence-electron chi connectivity index (χ2n) is 7.93. The van der Waals surface area contributed by atoms with Crippen LogP contribution in [0.25, 0.3) is 33.8 Å². The Balaban J connectivity index is 0.000000298. The molecule has 7 nitrogen and oxygen atoms in total. The summed E-state index contributed by atoms with van der Waals surface area (Å²) >= 11 is 0. The lowest BCUT2D eigenvalue weighted by Crippen LogP contribution is -2.08. The van der Waals surface area contributed by atoms with Crippen LogP contribution in [-0.2, 0) is 22.5 Å². The van der Waals surface area contributed by atoms with Crippen molar-refractivity contribution in [1.29, 1.82) is 0 Å². The number of nitrogens with zero attached hydrogens (tertiary/aromatic N) is 3. The van der Waals surface area contributed by atoms with Crippen molar-refractivity contribution in [3.8, 4) is 22.8 Å². The minimum atomic E-state index is -4.57. The van der Waals surface area contributed by atoms with Crippen molar-refractivity contribution in [3.05, 3.63) is 96.3 Å². The van der Waals surface area contributed by atoms with Crippen LogP contribution < -0.4 is 0 Å². The van der Waals surface area contributed by atoms with Gasteiger partial charge in [-0.15, -0.1) is 0 Å². The number of fused-ring (bicyclic) bond motifs is 1. The van der Waals surface area contributed by atoms with Gasteiger partial charge in [0.1, 0.15) is 5.69 Å². The number of H-pyrrole nitrogens is 1. The van der Waals surface area contributed by atoms with Crippen molar-refractivity contribution in [2.45, 2.75) is 17.2 Å². The first kappa shape index (κ1) is 27.7. The number of hydrogen-bond acceptors (Lipinski definition) is 5. The van der Waals surface area contributed by atoms with Gasteiger partial charge in [0.25, 0.3) is 10.1 Å². The maximum Gasteiger partial charge on any atom is 0.418 e. The number of imidazole rings is 1. The minimum Gasteiger partial charge on any atom is -0.337 e. The van der Waals surface area contributed by atoms with E-state index in [1.165, 1.54) is 48.8 Å². The minimum absolute atomic E-state index is 0.0741. The van der Waals surface area contributed by atoms with Gasteiger partial charge in [-0.05, 0) is 54.6 Å². The van der Waals surface area contributed by atoms with Crippen LogP contribution in [0.1, 0.15) is 11.1 Å². The first-order valence-electron chi connectivity index (χ1n) is 10.8. The lowest BCUT2D eigenvalue weighted by molar-refractivity contribution is -0.138. The quantitative estimate of drug-likeness (QED) is 0.187. The van der Waals surface area contributed by atoms with Gasteiger partial charge in [-0.1, -0.05) is 18.2 Å². The van der Waals surface area contributed by atoms with Crippen molar-refractivity contribution in [2.75, 3.05) is 0 Å². The molecular weight excluding hydrogens is 550 g/mol. The standard InChI is InChI=1S/C19H10F6N4.C6H6O3S/c20-18(21,22)11-4-6-13-15(8-11)29-17(28-13)14-5-3-10(9-27-14)16-12(19(23,24)25)2-1-7-26-16;7-10(8,9)6-4-2-1-3-5-6/h1-9H,(H,28,29);1-5H,(H,7,8,9). The summed E-state index contributed by atoms with van der Waals surface area (Å²) in [5, 5.41) is 0. The Labute approximate surface area is 217 Å². The molecule has 5 rings (SSSR count). The molecular formula is C25H16F6N4O3S. The Hall–Kier alpha value is -4.30. The predicted molar refractivity (Wildman–Crippen MR) is 129 cm³/mol. The molecule has 39 heavy (non-hydrogen) atoms. The Kier molecular flexibility index (Phi) is 7.44. The van der Waals surface area contributed by atoms with Gasteiger partial charge in [-0.2, -0.15) is 34.8 Å². The first-order chi connectivity index (χ1) is 18.2. The fourth-order valence-electron chi connectivity index (χ4n) is 3.44. The number of aromatic amines is 1. The van der Waals surface area contributed by atoms with E-state index >= 15 is 0 Å². The highest BCUT2D eigenvalue weighted by Gasteiger charge is 2.34. The van der Waals surface area contributed by atoms with Crippen LogP contribution >= 0.6 is 0 Å². The van der Waals surface area contributed by atoms with Crippen LogP contribution in [0.3, 0.4) is 0 Å². The highest BCUT2D eigenvalue weighted by molar-refractivity contribution is 7.85. The van der Waals surface area contributed by atoms with E-state index in [0.29, 0.717) is 5.52 Å². The number of hydrogen-bond donors (Lipinski definition) is 2. The molecule has 14 heteroatoms. The van der Waals surface area contributed by atoms with Gasteiger partial charge in [-0.3, -0.25) is 14.5 Å². The SMILES string of the molecule is FC(F)(F)c1ccc2nc(-c3ccc(-c4ncccc4C(F)(F)F)cn3)[nH]c2c1.O=S(=O)(O)c1ccccc1. The van der Waals surface area contributed by atoms with Gasteiger partial charge in [0, 0.05) is 18.0 Å². The normalized spacial score (nSPS) is 12.2. The van der Waals surface area contributed by atoms with E-state index in [9.17, 15) is 34.8 Å². The van der Waals surface area contributed by atoms with Crippen molar-refractivity contribution in [3.63, 3.8) is 0 Å². The second-order valence-corrected chi connectivity index (χ2v) is 9.35. The number of halogens is 6. The molecule has 0 saturated heterocycles. The molecule has 3 aromatic heterocycles. The zero-order valence-electron chi connectivity index (χ0n) is 19.4. The fourth-order valence-corrected chi connectivity index (χ4v) is 3.94. The summed E-state index contributed by atoms with van der Waals surface area (Å²) in [5.74, 6) is 0.197. The summed E-state index contributed by atoms with van der Waals surface area (Å²) in [6, 6.07) is 15.4. The summed E-state index contributed by atoms with van der Waals surface area (Å²) in [4.78, 5) is 14.7. The van der Waals surface area contributed by atoms with Crippen molar-refractivity contribution in [2.24, 2.45) is 0 Å². The molecule has 0 unspecified atom stereocenters. The van der Waals surface area contributed by atoms with Crippen molar-refractivity contribution < 1.29 is 39.3 Å². The van der Waals surface area contributed by atoms with Crippen molar-refractivity contribution >= 4 is 21.2 Å². The van der Waals surface area contributed by atoms with Gasteiger partial charge >= 0.3 is 12.4 Å². The monoisotopic (exact) mass is 566 g/mol. The topological polar surface area (TPSA) is 109 Å². The number of benzene rings is 2. The summed E-state index contributed by atoms with van der Waals surface area (Å²) in [6.45, 7) is 0. The third-order valence-corrected chi connectivity index (χ3v) is 6.11. The number of alkyl halides is 6. The zero-order valence-corrected chi connectivity index (χ0v) is 20.2. The Morgan fingerprint density at radius 2 is 1.51 bits per heavy atom. The number of aromatic nitrogens is 4. The van der Waals surface area contributed by atoms with E-state index in [1.54, 1.807) is 18.2 Å². The molecule has 0 radical (unpaired) electrons. The molecule has 202 valence electrons. The first-order valence-corrected chi connectivity index (χ1v) is 12.3. The molecule has 0 aliphatic carbocycles. The summed E-state index contributed by atoms with van der Waals surface area (Å²) < 4.78 is 107. The van der Waals surface area contributed by atoms with Gasteiger partial charge in [-0.25, -0.2) is 4.98 Å². The van der Waals surface area contributed by atoms with Crippen molar-refractivity contribution in [1.82, 2.24) is 19.9 Å². The molecule has 0 aliphatic rings. The third-order valence-electron chi connectivity index (χ3n) is 5.24. The summed E-state index contributed by atoms with van der Waals surface area (Å²) in [5.41, 5.74) is -1.08. The molecule has 3 heterocycles. The summed E-state index contributed by atoms with van der Waals surface area (Å²) in [6.07, 6.45) is -6.60. The molecule has 0 spiro atoms. The predicted octanol–water partition coefficient (Wildman–Crippen LogP) is 6.66. The van der Waals surface area contributed by atoms with E-state index in [0.717, 1.165) is 18.2 Å². The van der Waals surface area contributed by atoms with Crippen LogP contribution in [0.5, 0.6) is 0 Å². The molecule has 2 aromatic carbocycles. The number of pyridine rings is 2. The summed E-state index contributed by atoms with van der Waals surface area (Å²) in [7, 11) is -4.00. The lowest BCUT2D eigenvalue weighted by atomic mass is 10.1. The molecule has 0 amide bonds. The van der Waals surface area contributed by atoms with Crippen LogP contribution in [0.15, 0.2) is 90.1 Å². The molecule has 5 aromatic rings. The van der Waals surface area contributed by atoms with Gasteiger partial charge in [0.05, 0.1) is 32.7 Å². The van der Waals surface area contributed by atoms with E-state index < -0.39 is 33.6 Å². The highest BCUT2D eigenvalue weighted by Crippen LogP contribution is 2.36. The molecule has 0 saturated carbocycles. The molecule has 0 atom stereocenters. The molecule has 0 aliphatic heterocycles. The van der Waals surface area contributed by atoms with Gasteiger partial charge < -0.3 is 4.98 Å². The van der Waals surface area contributed by atoms with Gasteiger partial charge in [0.2, 0.25) is 0 Å².